The van der Waals surface area contributed by atoms with E-state index in [2.05, 4.69) is 128 Å². The van der Waals surface area contributed by atoms with Crippen LogP contribution in [0.2, 0.25) is 5.02 Å². The SMILES string of the molecule is Cc1ccc(N(c2ccc(Cl)cc2)c2ccc(/C=C/c3cccc4ccccc34)cc2)cc1C. The fourth-order valence-corrected chi connectivity index (χ4v) is 4.34. The topological polar surface area (TPSA) is 3.24 Å². The maximum atomic E-state index is 6.17. The van der Waals surface area contributed by atoms with Gasteiger partial charge in [-0.15, -0.1) is 0 Å². The molecule has 5 aromatic rings. The molecule has 0 bridgehead atoms. The minimum Gasteiger partial charge on any atom is -0.310 e. The molecule has 0 saturated carbocycles. The van der Waals surface area contributed by atoms with E-state index in [1.165, 1.54) is 27.5 Å². The van der Waals surface area contributed by atoms with Crippen LogP contribution in [0.3, 0.4) is 0 Å². The Kier molecular flexibility index (Phi) is 6.20. The van der Waals surface area contributed by atoms with E-state index >= 15 is 0 Å². The van der Waals surface area contributed by atoms with Crippen molar-refractivity contribution < 1.29 is 0 Å². The minimum atomic E-state index is 0.734. The Bertz CT molecular complexity index is 1460. The van der Waals surface area contributed by atoms with Gasteiger partial charge in [-0.25, -0.2) is 0 Å². The van der Waals surface area contributed by atoms with E-state index in [0.717, 1.165) is 27.6 Å². The van der Waals surface area contributed by atoms with Crippen molar-refractivity contribution in [3.8, 4) is 0 Å². The first kappa shape index (κ1) is 22.0. The summed E-state index contributed by atoms with van der Waals surface area (Å²) in [5, 5.41) is 3.26. The van der Waals surface area contributed by atoms with E-state index in [1.807, 2.05) is 12.1 Å². The van der Waals surface area contributed by atoms with Crippen LogP contribution in [0.4, 0.5) is 17.1 Å². The summed E-state index contributed by atoms with van der Waals surface area (Å²) in [4.78, 5) is 2.26. The number of benzene rings is 5. The lowest BCUT2D eigenvalue weighted by Gasteiger charge is -2.26. The standard InChI is InChI=1S/C32H26ClN/c1-23-10-17-31(22-24(23)2)34(30-20-15-28(33)16-21-30)29-18-12-25(13-19-29)11-14-27-8-5-7-26-6-3-4-9-32(26)27/h3-22H,1-2H3/b14-11+. The molecule has 0 heterocycles. The summed E-state index contributed by atoms with van der Waals surface area (Å²) in [6, 6.07) is 38.2. The van der Waals surface area contributed by atoms with Gasteiger partial charge in [0.2, 0.25) is 0 Å². The first-order chi connectivity index (χ1) is 16.6. The number of anilines is 3. The van der Waals surface area contributed by atoms with Gasteiger partial charge in [0.25, 0.3) is 0 Å². The second-order valence-corrected chi connectivity index (χ2v) is 9.01. The second-order valence-electron chi connectivity index (χ2n) is 8.57. The Balaban J connectivity index is 1.49. The molecule has 0 fully saturated rings. The molecule has 1 nitrogen and oxygen atoms in total. The van der Waals surface area contributed by atoms with Crippen LogP contribution in [0.5, 0.6) is 0 Å². The average Bonchev–Trinajstić information content (AvgIpc) is 2.87. The summed E-state index contributed by atoms with van der Waals surface area (Å²) in [6.07, 6.45) is 4.37. The normalized spacial score (nSPS) is 11.3. The van der Waals surface area contributed by atoms with Gasteiger partial charge in [-0.2, -0.15) is 0 Å². The molecule has 0 atom stereocenters. The Morgan fingerprint density at radius 3 is 1.97 bits per heavy atom. The van der Waals surface area contributed by atoms with E-state index < -0.39 is 0 Å². The zero-order valence-corrected chi connectivity index (χ0v) is 20.1. The highest BCUT2D eigenvalue weighted by molar-refractivity contribution is 6.30. The molecule has 166 valence electrons. The van der Waals surface area contributed by atoms with Crippen LogP contribution in [0.25, 0.3) is 22.9 Å². The van der Waals surface area contributed by atoms with Gasteiger partial charge in [0.05, 0.1) is 0 Å². The highest BCUT2D eigenvalue weighted by atomic mass is 35.5. The van der Waals surface area contributed by atoms with Crippen molar-refractivity contribution in [3.05, 3.63) is 136 Å². The summed E-state index contributed by atoms with van der Waals surface area (Å²) in [5.74, 6) is 0. The molecule has 2 heteroatoms. The van der Waals surface area contributed by atoms with Gasteiger partial charge < -0.3 is 4.90 Å². The van der Waals surface area contributed by atoms with E-state index in [4.69, 9.17) is 11.6 Å². The van der Waals surface area contributed by atoms with Crippen LogP contribution in [-0.2, 0) is 0 Å². The molecule has 5 aromatic carbocycles. The van der Waals surface area contributed by atoms with Gasteiger partial charge in [-0.3, -0.25) is 0 Å². The Hall–Kier alpha value is -3.81. The Morgan fingerprint density at radius 1 is 0.588 bits per heavy atom. The van der Waals surface area contributed by atoms with Gasteiger partial charge in [0, 0.05) is 22.1 Å². The van der Waals surface area contributed by atoms with Crippen LogP contribution >= 0.6 is 11.6 Å². The molecule has 0 saturated heterocycles. The van der Waals surface area contributed by atoms with Crippen LogP contribution in [-0.4, -0.2) is 0 Å². The van der Waals surface area contributed by atoms with Crippen LogP contribution in [0.15, 0.2) is 109 Å². The lowest BCUT2D eigenvalue weighted by Crippen LogP contribution is -2.10. The quantitative estimate of drug-likeness (QED) is 0.236. The van der Waals surface area contributed by atoms with Gasteiger partial charge in [0.15, 0.2) is 0 Å². The molecular weight excluding hydrogens is 434 g/mol. The predicted molar refractivity (Wildman–Crippen MR) is 148 cm³/mol. The number of rotatable bonds is 5. The van der Waals surface area contributed by atoms with Gasteiger partial charge in [0.1, 0.15) is 0 Å². The largest absolute Gasteiger partial charge is 0.310 e. The molecule has 0 radical (unpaired) electrons. The minimum absolute atomic E-state index is 0.734. The number of nitrogens with zero attached hydrogens (tertiary/aromatic N) is 1. The summed E-state index contributed by atoms with van der Waals surface area (Å²) >= 11 is 6.17. The molecule has 34 heavy (non-hydrogen) atoms. The Labute approximate surface area is 206 Å². The molecule has 0 aromatic heterocycles. The third kappa shape index (κ3) is 4.62. The third-order valence-corrected chi connectivity index (χ3v) is 6.52. The van der Waals surface area contributed by atoms with Crippen molar-refractivity contribution in [2.45, 2.75) is 13.8 Å². The van der Waals surface area contributed by atoms with Crippen LogP contribution < -0.4 is 4.90 Å². The fraction of sp³-hybridized carbons (Fsp3) is 0.0625. The first-order valence-corrected chi connectivity index (χ1v) is 11.9. The molecule has 0 amide bonds. The second kappa shape index (κ2) is 9.59. The lowest BCUT2D eigenvalue weighted by atomic mass is 10.0. The first-order valence-electron chi connectivity index (χ1n) is 11.5. The summed E-state index contributed by atoms with van der Waals surface area (Å²) < 4.78 is 0. The van der Waals surface area contributed by atoms with Gasteiger partial charge in [-0.1, -0.05) is 84.4 Å². The number of aryl methyl sites for hydroxylation is 2. The van der Waals surface area contributed by atoms with E-state index in [-0.39, 0.29) is 0 Å². The maximum Gasteiger partial charge on any atom is 0.0464 e. The summed E-state index contributed by atoms with van der Waals surface area (Å²) in [7, 11) is 0. The van der Waals surface area contributed by atoms with Crippen molar-refractivity contribution in [2.24, 2.45) is 0 Å². The monoisotopic (exact) mass is 459 g/mol. The number of halogens is 1. The smallest absolute Gasteiger partial charge is 0.0464 e. The van der Waals surface area contributed by atoms with Crippen molar-refractivity contribution >= 4 is 51.6 Å². The predicted octanol–water partition coefficient (Wildman–Crippen LogP) is 9.75. The zero-order chi connectivity index (χ0) is 23.5. The molecule has 0 unspecified atom stereocenters. The Morgan fingerprint density at radius 2 is 1.24 bits per heavy atom. The molecule has 0 N–H and O–H groups in total. The lowest BCUT2D eigenvalue weighted by molar-refractivity contribution is 1.25. The number of hydrogen-bond acceptors (Lipinski definition) is 1. The van der Waals surface area contributed by atoms with E-state index in [0.29, 0.717) is 0 Å². The van der Waals surface area contributed by atoms with Crippen molar-refractivity contribution in [1.82, 2.24) is 0 Å². The maximum absolute atomic E-state index is 6.17. The van der Waals surface area contributed by atoms with Crippen molar-refractivity contribution in [1.29, 1.82) is 0 Å². The third-order valence-electron chi connectivity index (χ3n) is 6.26. The van der Waals surface area contributed by atoms with E-state index in [9.17, 15) is 0 Å². The molecule has 0 aliphatic rings. The highest BCUT2D eigenvalue weighted by Gasteiger charge is 2.13. The van der Waals surface area contributed by atoms with Crippen molar-refractivity contribution in [3.63, 3.8) is 0 Å². The summed E-state index contributed by atoms with van der Waals surface area (Å²) in [6.45, 7) is 4.29. The molecular formula is C32H26ClN. The highest BCUT2D eigenvalue weighted by Crippen LogP contribution is 2.36. The molecule has 0 aliphatic heterocycles. The van der Waals surface area contributed by atoms with Crippen LogP contribution in [0, 0.1) is 13.8 Å². The van der Waals surface area contributed by atoms with E-state index in [1.54, 1.807) is 0 Å². The molecule has 0 spiro atoms. The number of fused-ring (bicyclic) bond motifs is 1. The summed E-state index contributed by atoms with van der Waals surface area (Å²) in [5.41, 5.74) is 8.25. The fourth-order valence-electron chi connectivity index (χ4n) is 4.22. The van der Waals surface area contributed by atoms with Gasteiger partial charge >= 0.3 is 0 Å². The van der Waals surface area contributed by atoms with Crippen LogP contribution in [0.1, 0.15) is 22.3 Å². The average molecular weight is 460 g/mol. The molecule has 0 aliphatic carbocycles. The van der Waals surface area contributed by atoms with Crippen molar-refractivity contribution in [2.75, 3.05) is 4.90 Å². The molecule has 5 rings (SSSR count). The number of hydrogen-bond donors (Lipinski definition) is 0. The van der Waals surface area contributed by atoms with Gasteiger partial charge in [-0.05, 0) is 95.4 Å². The zero-order valence-electron chi connectivity index (χ0n) is 19.4.